The zero-order chi connectivity index (χ0) is 20.9. The summed E-state index contributed by atoms with van der Waals surface area (Å²) in [6.07, 6.45) is 3.13. The van der Waals surface area contributed by atoms with E-state index in [0.717, 1.165) is 13.1 Å². The Kier molecular flexibility index (Phi) is 5.75. The lowest BCUT2D eigenvalue weighted by atomic mass is 10.1. The number of anilines is 2. The van der Waals surface area contributed by atoms with Gasteiger partial charge in [-0.2, -0.15) is 0 Å². The summed E-state index contributed by atoms with van der Waals surface area (Å²) in [7, 11) is 0. The lowest BCUT2D eigenvalue weighted by Crippen LogP contribution is -2.48. The first-order valence-corrected chi connectivity index (χ1v) is 10.0. The van der Waals surface area contributed by atoms with Gasteiger partial charge >= 0.3 is 0 Å². The molecule has 0 atom stereocenters. The highest BCUT2D eigenvalue weighted by atomic mass is 16.2. The van der Waals surface area contributed by atoms with Gasteiger partial charge in [-0.25, -0.2) is 0 Å². The van der Waals surface area contributed by atoms with Crippen molar-refractivity contribution in [3.63, 3.8) is 0 Å². The van der Waals surface area contributed by atoms with Gasteiger partial charge in [0.15, 0.2) is 0 Å². The molecule has 6 nitrogen and oxygen atoms in total. The van der Waals surface area contributed by atoms with E-state index in [1.807, 2.05) is 4.90 Å². The molecule has 3 aromatic rings. The summed E-state index contributed by atoms with van der Waals surface area (Å²) in [6, 6.07) is 18.9. The Balaban J connectivity index is 1.39. The highest BCUT2D eigenvalue weighted by molar-refractivity contribution is 6.05. The number of carbonyl (C=O) groups is 2. The van der Waals surface area contributed by atoms with Crippen molar-refractivity contribution >= 4 is 23.2 Å². The molecule has 1 fully saturated rings. The molecule has 1 aliphatic rings. The molecule has 0 spiro atoms. The van der Waals surface area contributed by atoms with Crippen molar-refractivity contribution < 1.29 is 9.59 Å². The average Bonchev–Trinajstić information content (AvgIpc) is 2.79. The van der Waals surface area contributed by atoms with Crippen molar-refractivity contribution in [2.24, 2.45) is 0 Å². The van der Waals surface area contributed by atoms with Crippen molar-refractivity contribution in [1.82, 2.24) is 9.88 Å². The minimum atomic E-state index is -0.250. The smallest absolute Gasteiger partial charge is 0.257 e. The maximum atomic E-state index is 13.0. The Hall–Kier alpha value is -3.67. The number of nitrogens with one attached hydrogen (secondary N) is 1. The van der Waals surface area contributed by atoms with Crippen LogP contribution >= 0.6 is 0 Å². The third-order valence-electron chi connectivity index (χ3n) is 5.22. The van der Waals surface area contributed by atoms with E-state index >= 15 is 0 Å². The van der Waals surface area contributed by atoms with E-state index in [0.29, 0.717) is 29.9 Å². The van der Waals surface area contributed by atoms with Gasteiger partial charge in [-0.15, -0.1) is 0 Å². The SMILES string of the molecule is Cc1cccc(N2CCN(C(=O)c3cccc(NC(=O)c4cccnc4)c3)CC2)c1. The Morgan fingerprint density at radius 1 is 0.900 bits per heavy atom. The summed E-state index contributed by atoms with van der Waals surface area (Å²) < 4.78 is 0. The van der Waals surface area contributed by atoms with Gasteiger partial charge in [-0.3, -0.25) is 14.6 Å². The van der Waals surface area contributed by atoms with Crippen LogP contribution in [0.15, 0.2) is 73.1 Å². The molecule has 1 aromatic heterocycles. The number of hydrogen-bond acceptors (Lipinski definition) is 4. The van der Waals surface area contributed by atoms with Crippen molar-refractivity contribution in [2.75, 3.05) is 36.4 Å². The molecular formula is C24H24N4O2. The molecule has 1 saturated heterocycles. The Bertz CT molecular complexity index is 1040. The van der Waals surface area contributed by atoms with E-state index in [4.69, 9.17) is 0 Å². The molecule has 2 amide bonds. The second kappa shape index (κ2) is 8.78. The summed E-state index contributed by atoms with van der Waals surface area (Å²) >= 11 is 0. The van der Waals surface area contributed by atoms with Gasteiger partial charge in [0.1, 0.15) is 0 Å². The summed E-state index contributed by atoms with van der Waals surface area (Å²) in [5, 5.41) is 2.83. The lowest BCUT2D eigenvalue weighted by Gasteiger charge is -2.36. The van der Waals surface area contributed by atoms with Crippen LogP contribution in [-0.4, -0.2) is 47.9 Å². The van der Waals surface area contributed by atoms with Crippen LogP contribution in [0.3, 0.4) is 0 Å². The Labute approximate surface area is 176 Å². The minimum Gasteiger partial charge on any atom is -0.368 e. The fourth-order valence-electron chi connectivity index (χ4n) is 3.61. The highest BCUT2D eigenvalue weighted by Gasteiger charge is 2.22. The molecule has 152 valence electrons. The lowest BCUT2D eigenvalue weighted by molar-refractivity contribution is 0.0746. The predicted octanol–water partition coefficient (Wildman–Crippen LogP) is 3.60. The van der Waals surface area contributed by atoms with Crippen molar-refractivity contribution in [3.8, 4) is 0 Å². The van der Waals surface area contributed by atoms with Crippen LogP contribution in [0.1, 0.15) is 26.3 Å². The monoisotopic (exact) mass is 400 g/mol. The van der Waals surface area contributed by atoms with Crippen molar-refractivity contribution in [2.45, 2.75) is 6.92 Å². The van der Waals surface area contributed by atoms with Gasteiger partial charge in [0.25, 0.3) is 11.8 Å². The van der Waals surface area contributed by atoms with Crippen LogP contribution in [-0.2, 0) is 0 Å². The van der Waals surface area contributed by atoms with Gasteiger partial charge in [0, 0.05) is 55.5 Å². The molecule has 2 heterocycles. The number of nitrogens with zero attached hydrogens (tertiary/aromatic N) is 3. The number of rotatable bonds is 4. The zero-order valence-electron chi connectivity index (χ0n) is 16.9. The first-order valence-electron chi connectivity index (χ1n) is 10.0. The Morgan fingerprint density at radius 3 is 2.40 bits per heavy atom. The van der Waals surface area contributed by atoms with Gasteiger partial charge in [0.2, 0.25) is 0 Å². The molecule has 0 unspecified atom stereocenters. The zero-order valence-corrected chi connectivity index (χ0v) is 16.9. The molecule has 4 rings (SSSR count). The first-order chi connectivity index (χ1) is 14.6. The minimum absolute atomic E-state index is 0.0173. The summed E-state index contributed by atoms with van der Waals surface area (Å²) in [6.45, 7) is 5.01. The van der Waals surface area contributed by atoms with Crippen LogP contribution < -0.4 is 10.2 Å². The number of amides is 2. The van der Waals surface area contributed by atoms with E-state index in [1.165, 1.54) is 17.4 Å². The van der Waals surface area contributed by atoms with Gasteiger partial charge in [0.05, 0.1) is 5.56 Å². The number of aryl methyl sites for hydroxylation is 1. The number of hydrogen-bond donors (Lipinski definition) is 1. The van der Waals surface area contributed by atoms with Crippen LogP contribution in [0.4, 0.5) is 11.4 Å². The van der Waals surface area contributed by atoms with Crippen LogP contribution in [0.2, 0.25) is 0 Å². The van der Waals surface area contributed by atoms with Crippen LogP contribution in [0.25, 0.3) is 0 Å². The van der Waals surface area contributed by atoms with Crippen molar-refractivity contribution in [1.29, 1.82) is 0 Å². The molecule has 1 N–H and O–H groups in total. The van der Waals surface area contributed by atoms with E-state index < -0.39 is 0 Å². The third kappa shape index (κ3) is 4.49. The quantitative estimate of drug-likeness (QED) is 0.727. The fraction of sp³-hybridized carbons (Fsp3) is 0.208. The van der Waals surface area contributed by atoms with Crippen molar-refractivity contribution in [3.05, 3.63) is 89.7 Å². The second-order valence-corrected chi connectivity index (χ2v) is 7.39. The number of carbonyl (C=O) groups excluding carboxylic acids is 2. The summed E-state index contributed by atoms with van der Waals surface area (Å²) in [5.41, 5.74) is 4.07. The molecule has 0 aliphatic carbocycles. The maximum Gasteiger partial charge on any atom is 0.257 e. The third-order valence-corrected chi connectivity index (χ3v) is 5.22. The largest absolute Gasteiger partial charge is 0.368 e. The van der Waals surface area contributed by atoms with E-state index in [1.54, 1.807) is 42.6 Å². The predicted molar refractivity (Wildman–Crippen MR) is 118 cm³/mol. The molecular weight excluding hydrogens is 376 g/mol. The standard InChI is InChI=1S/C24H24N4O2/c1-18-5-2-9-22(15-18)27-11-13-28(14-12-27)24(30)19-6-3-8-21(16-19)26-23(29)20-7-4-10-25-17-20/h2-10,15-17H,11-14H2,1H3,(H,26,29). The highest BCUT2D eigenvalue weighted by Crippen LogP contribution is 2.20. The number of aromatic nitrogens is 1. The number of benzene rings is 2. The number of piperazine rings is 1. The normalized spacial score (nSPS) is 13.8. The molecule has 6 heteroatoms. The fourth-order valence-corrected chi connectivity index (χ4v) is 3.61. The Morgan fingerprint density at radius 2 is 1.67 bits per heavy atom. The van der Waals surface area contributed by atoms with Gasteiger partial charge in [-0.05, 0) is 55.0 Å². The molecule has 30 heavy (non-hydrogen) atoms. The van der Waals surface area contributed by atoms with Gasteiger partial charge in [-0.1, -0.05) is 18.2 Å². The average molecular weight is 400 g/mol. The molecule has 0 radical (unpaired) electrons. The summed E-state index contributed by atoms with van der Waals surface area (Å²) in [4.78, 5) is 33.5. The molecule has 0 bridgehead atoms. The topological polar surface area (TPSA) is 65.5 Å². The molecule has 2 aromatic carbocycles. The maximum absolute atomic E-state index is 13.0. The molecule has 1 aliphatic heterocycles. The van der Waals surface area contributed by atoms with E-state index in [-0.39, 0.29) is 11.8 Å². The second-order valence-electron chi connectivity index (χ2n) is 7.39. The van der Waals surface area contributed by atoms with Crippen LogP contribution in [0, 0.1) is 6.92 Å². The van der Waals surface area contributed by atoms with Crippen LogP contribution in [0.5, 0.6) is 0 Å². The van der Waals surface area contributed by atoms with Gasteiger partial charge < -0.3 is 15.1 Å². The number of pyridine rings is 1. The summed E-state index contributed by atoms with van der Waals surface area (Å²) in [5.74, 6) is -0.268. The van der Waals surface area contributed by atoms with E-state index in [9.17, 15) is 9.59 Å². The molecule has 0 saturated carbocycles. The van der Waals surface area contributed by atoms with E-state index in [2.05, 4.69) is 46.4 Å². The first kappa shape index (κ1) is 19.6.